The van der Waals surface area contributed by atoms with Gasteiger partial charge in [0, 0.05) is 6.54 Å². The largest absolute Gasteiger partial charge is 0.489 e. The Morgan fingerprint density at radius 2 is 2.25 bits per heavy atom. The van der Waals surface area contributed by atoms with Crippen LogP contribution in [0.5, 0.6) is 5.75 Å². The standard InChI is InChI=1S/C9H16N4O2.ClH/c1-9(2,8(11)14)13-6-7(5-12-13)15-4-3-10;/h5-6H,3-4,10H2,1-2H3,(H2,11,14);1H. The fourth-order valence-electron chi connectivity index (χ4n) is 0.976. The van der Waals surface area contributed by atoms with Crippen LogP contribution >= 0.6 is 12.4 Å². The van der Waals surface area contributed by atoms with Gasteiger partial charge >= 0.3 is 0 Å². The molecular formula is C9H17ClN4O2. The molecule has 92 valence electrons. The molecule has 0 spiro atoms. The van der Waals surface area contributed by atoms with Crippen LogP contribution in [-0.2, 0) is 10.3 Å². The van der Waals surface area contributed by atoms with Gasteiger partial charge in [-0.2, -0.15) is 5.10 Å². The number of ether oxygens (including phenoxy) is 1. The summed E-state index contributed by atoms with van der Waals surface area (Å²) in [5.41, 5.74) is 9.69. The van der Waals surface area contributed by atoms with Gasteiger partial charge < -0.3 is 16.2 Å². The molecule has 0 saturated carbocycles. The highest BCUT2D eigenvalue weighted by molar-refractivity contribution is 5.85. The van der Waals surface area contributed by atoms with Gasteiger partial charge in [0.2, 0.25) is 5.91 Å². The second-order valence-corrected chi connectivity index (χ2v) is 3.68. The SMILES string of the molecule is CC(C)(C(N)=O)n1cc(OCCN)cn1.Cl. The van der Waals surface area contributed by atoms with Gasteiger partial charge in [-0.05, 0) is 13.8 Å². The Kier molecular flexibility index (Phi) is 5.26. The first kappa shape index (κ1) is 14.7. The zero-order valence-electron chi connectivity index (χ0n) is 9.34. The van der Waals surface area contributed by atoms with E-state index < -0.39 is 11.4 Å². The molecular weight excluding hydrogens is 232 g/mol. The second kappa shape index (κ2) is 5.72. The summed E-state index contributed by atoms with van der Waals surface area (Å²) in [6.45, 7) is 4.23. The van der Waals surface area contributed by atoms with Crippen LogP contribution in [0, 0.1) is 0 Å². The van der Waals surface area contributed by atoms with Crippen LogP contribution in [0.4, 0.5) is 0 Å². The van der Waals surface area contributed by atoms with Crippen molar-refractivity contribution in [3.05, 3.63) is 12.4 Å². The van der Waals surface area contributed by atoms with Crippen LogP contribution in [0.2, 0.25) is 0 Å². The molecule has 0 bridgehead atoms. The Morgan fingerprint density at radius 3 is 2.75 bits per heavy atom. The zero-order chi connectivity index (χ0) is 11.5. The second-order valence-electron chi connectivity index (χ2n) is 3.68. The molecule has 1 aromatic heterocycles. The predicted molar refractivity (Wildman–Crippen MR) is 62.5 cm³/mol. The molecule has 1 rings (SSSR count). The first-order chi connectivity index (χ1) is 6.98. The molecule has 0 aromatic carbocycles. The molecule has 0 aliphatic rings. The van der Waals surface area contributed by atoms with Crippen LogP contribution < -0.4 is 16.2 Å². The third-order valence-electron chi connectivity index (χ3n) is 2.12. The van der Waals surface area contributed by atoms with Crippen LogP contribution in [0.3, 0.4) is 0 Å². The van der Waals surface area contributed by atoms with Crippen molar-refractivity contribution < 1.29 is 9.53 Å². The summed E-state index contributed by atoms with van der Waals surface area (Å²) in [5.74, 6) is 0.130. The molecule has 0 atom stereocenters. The van der Waals surface area contributed by atoms with Crippen molar-refractivity contribution in [2.75, 3.05) is 13.2 Å². The van der Waals surface area contributed by atoms with Crippen LogP contribution in [0.1, 0.15) is 13.8 Å². The van der Waals surface area contributed by atoms with Crippen LogP contribution in [0.15, 0.2) is 12.4 Å². The number of hydrogen-bond acceptors (Lipinski definition) is 4. The molecule has 0 fully saturated rings. The number of hydrogen-bond donors (Lipinski definition) is 2. The van der Waals surface area contributed by atoms with Gasteiger partial charge in [-0.3, -0.25) is 9.48 Å². The lowest BCUT2D eigenvalue weighted by Crippen LogP contribution is -2.41. The molecule has 1 amide bonds. The minimum atomic E-state index is -0.857. The highest BCUT2D eigenvalue weighted by Crippen LogP contribution is 2.17. The monoisotopic (exact) mass is 248 g/mol. The third kappa shape index (κ3) is 3.11. The number of primary amides is 1. The maximum atomic E-state index is 11.1. The van der Waals surface area contributed by atoms with E-state index in [1.165, 1.54) is 10.9 Å². The van der Waals surface area contributed by atoms with Crippen molar-refractivity contribution in [2.24, 2.45) is 11.5 Å². The number of rotatable bonds is 5. The van der Waals surface area contributed by atoms with Crippen LogP contribution in [0.25, 0.3) is 0 Å². The minimum Gasteiger partial charge on any atom is -0.489 e. The average Bonchev–Trinajstić information content (AvgIpc) is 2.63. The summed E-state index contributed by atoms with van der Waals surface area (Å²) in [6, 6.07) is 0. The maximum absolute atomic E-state index is 11.1. The number of nitrogens with two attached hydrogens (primary N) is 2. The Morgan fingerprint density at radius 1 is 1.62 bits per heavy atom. The molecule has 6 nitrogen and oxygen atoms in total. The summed E-state index contributed by atoms with van der Waals surface area (Å²) in [4.78, 5) is 11.1. The van der Waals surface area contributed by atoms with E-state index in [2.05, 4.69) is 5.10 Å². The number of nitrogens with zero attached hydrogens (tertiary/aromatic N) is 2. The maximum Gasteiger partial charge on any atom is 0.244 e. The molecule has 1 heterocycles. The fraction of sp³-hybridized carbons (Fsp3) is 0.556. The van der Waals surface area contributed by atoms with Crippen molar-refractivity contribution in [3.63, 3.8) is 0 Å². The summed E-state index contributed by atoms with van der Waals surface area (Å²) in [7, 11) is 0. The van der Waals surface area contributed by atoms with E-state index in [-0.39, 0.29) is 12.4 Å². The van der Waals surface area contributed by atoms with Gasteiger partial charge in [-0.15, -0.1) is 12.4 Å². The Balaban J connectivity index is 0.00000225. The quantitative estimate of drug-likeness (QED) is 0.758. The van der Waals surface area contributed by atoms with Gasteiger partial charge in [0.1, 0.15) is 12.1 Å². The zero-order valence-corrected chi connectivity index (χ0v) is 10.2. The highest BCUT2D eigenvalue weighted by atomic mass is 35.5. The molecule has 4 N–H and O–H groups in total. The van der Waals surface area contributed by atoms with Gasteiger partial charge in [0.15, 0.2) is 5.75 Å². The average molecular weight is 249 g/mol. The number of aromatic nitrogens is 2. The summed E-state index contributed by atoms with van der Waals surface area (Å²) >= 11 is 0. The molecule has 0 aliphatic carbocycles. The lowest BCUT2D eigenvalue weighted by atomic mass is 10.1. The van der Waals surface area contributed by atoms with Crippen molar-refractivity contribution >= 4 is 18.3 Å². The Bertz CT molecular complexity index is 351. The number of carbonyl (C=O) groups is 1. The molecule has 0 radical (unpaired) electrons. The summed E-state index contributed by atoms with van der Waals surface area (Å²) in [6.07, 6.45) is 3.15. The molecule has 0 unspecified atom stereocenters. The molecule has 0 aliphatic heterocycles. The van der Waals surface area contributed by atoms with E-state index in [1.54, 1.807) is 20.0 Å². The van der Waals surface area contributed by atoms with Gasteiger partial charge in [0.25, 0.3) is 0 Å². The normalized spacial score (nSPS) is 10.7. The Labute approximate surface area is 100 Å². The third-order valence-corrected chi connectivity index (χ3v) is 2.12. The van der Waals surface area contributed by atoms with Gasteiger partial charge in [-0.1, -0.05) is 0 Å². The van der Waals surface area contributed by atoms with Crippen molar-refractivity contribution in [3.8, 4) is 5.75 Å². The predicted octanol–water partition coefficient (Wildman–Crippen LogP) is -0.137. The topological polar surface area (TPSA) is 96.2 Å². The van der Waals surface area contributed by atoms with E-state index in [0.29, 0.717) is 18.9 Å². The van der Waals surface area contributed by atoms with Crippen molar-refractivity contribution in [2.45, 2.75) is 19.4 Å². The summed E-state index contributed by atoms with van der Waals surface area (Å²) < 4.78 is 6.72. The molecule has 1 aromatic rings. The lowest BCUT2D eigenvalue weighted by Gasteiger charge is -2.20. The smallest absolute Gasteiger partial charge is 0.244 e. The van der Waals surface area contributed by atoms with Crippen molar-refractivity contribution in [1.29, 1.82) is 0 Å². The molecule has 7 heteroatoms. The highest BCUT2D eigenvalue weighted by Gasteiger charge is 2.28. The van der Waals surface area contributed by atoms with Gasteiger partial charge in [-0.25, -0.2) is 0 Å². The van der Waals surface area contributed by atoms with E-state index in [9.17, 15) is 4.79 Å². The van der Waals surface area contributed by atoms with Crippen LogP contribution in [-0.4, -0.2) is 28.8 Å². The first-order valence-corrected chi connectivity index (χ1v) is 4.66. The minimum absolute atomic E-state index is 0. The molecule has 0 saturated heterocycles. The number of halogens is 1. The van der Waals surface area contributed by atoms with E-state index in [0.717, 1.165) is 0 Å². The van der Waals surface area contributed by atoms with E-state index >= 15 is 0 Å². The fourth-order valence-corrected chi connectivity index (χ4v) is 0.976. The van der Waals surface area contributed by atoms with Crippen molar-refractivity contribution in [1.82, 2.24) is 9.78 Å². The van der Waals surface area contributed by atoms with E-state index in [4.69, 9.17) is 16.2 Å². The van der Waals surface area contributed by atoms with E-state index in [1.807, 2.05) is 0 Å². The summed E-state index contributed by atoms with van der Waals surface area (Å²) in [5, 5.41) is 4.01. The number of carbonyl (C=O) groups excluding carboxylic acids is 1. The first-order valence-electron chi connectivity index (χ1n) is 4.66. The number of amides is 1. The Hall–Kier alpha value is -1.27. The molecule has 16 heavy (non-hydrogen) atoms. The lowest BCUT2D eigenvalue weighted by molar-refractivity contribution is -0.125. The van der Waals surface area contributed by atoms with Gasteiger partial charge in [0.05, 0.1) is 12.4 Å².